The molecular weight excluding hydrogens is 212 g/mol. The van der Waals surface area contributed by atoms with Gasteiger partial charge in [-0.15, -0.1) is 0 Å². The third-order valence-electron chi connectivity index (χ3n) is 2.29. The number of aromatic carboxylic acids is 1. The van der Waals surface area contributed by atoms with Crippen LogP contribution in [-0.4, -0.2) is 23.0 Å². The van der Waals surface area contributed by atoms with E-state index < -0.39 is 10.9 Å². The quantitative estimate of drug-likeness (QED) is 0.594. The van der Waals surface area contributed by atoms with Gasteiger partial charge in [0.2, 0.25) is 0 Å². The van der Waals surface area contributed by atoms with Gasteiger partial charge in [0.1, 0.15) is 0 Å². The molecule has 0 fully saturated rings. The van der Waals surface area contributed by atoms with E-state index in [9.17, 15) is 14.9 Å². The molecule has 0 radical (unpaired) electrons. The molecule has 0 amide bonds. The van der Waals surface area contributed by atoms with Crippen LogP contribution in [0.1, 0.15) is 21.5 Å². The van der Waals surface area contributed by atoms with E-state index >= 15 is 0 Å². The van der Waals surface area contributed by atoms with E-state index in [1.54, 1.807) is 7.05 Å². The highest BCUT2D eigenvalue weighted by molar-refractivity contribution is 5.90. The van der Waals surface area contributed by atoms with Crippen molar-refractivity contribution in [3.63, 3.8) is 0 Å². The first-order chi connectivity index (χ1) is 7.49. The molecule has 1 rings (SSSR count). The molecule has 0 aliphatic rings. The first kappa shape index (κ1) is 12.1. The molecule has 0 aliphatic carbocycles. The van der Waals surface area contributed by atoms with Gasteiger partial charge in [-0.3, -0.25) is 10.1 Å². The highest BCUT2D eigenvalue weighted by Gasteiger charge is 2.22. The number of nitro groups is 1. The Bertz CT molecular complexity index is 443. The van der Waals surface area contributed by atoms with Crippen LogP contribution in [0.5, 0.6) is 0 Å². The third-order valence-corrected chi connectivity index (χ3v) is 2.29. The molecule has 6 heteroatoms. The number of rotatable bonds is 4. The van der Waals surface area contributed by atoms with E-state index in [-0.39, 0.29) is 16.8 Å². The van der Waals surface area contributed by atoms with Gasteiger partial charge in [-0.1, -0.05) is 0 Å². The van der Waals surface area contributed by atoms with Crippen LogP contribution in [0, 0.1) is 17.0 Å². The fraction of sp³-hybridized carbons (Fsp3) is 0.300. The first-order valence-electron chi connectivity index (χ1n) is 4.63. The number of nitrogens with one attached hydrogen (secondary N) is 1. The van der Waals surface area contributed by atoms with Crippen LogP contribution >= 0.6 is 0 Å². The number of benzene rings is 1. The zero-order valence-electron chi connectivity index (χ0n) is 8.98. The Kier molecular flexibility index (Phi) is 3.57. The lowest BCUT2D eigenvalue weighted by Crippen LogP contribution is -2.11. The lowest BCUT2D eigenvalue weighted by atomic mass is 10.0. The molecule has 0 saturated heterocycles. The van der Waals surface area contributed by atoms with E-state index in [0.29, 0.717) is 12.1 Å². The minimum atomic E-state index is -1.16. The molecule has 0 aromatic heterocycles. The van der Waals surface area contributed by atoms with Crippen molar-refractivity contribution in [1.82, 2.24) is 5.32 Å². The van der Waals surface area contributed by atoms with Crippen molar-refractivity contribution in [1.29, 1.82) is 0 Å². The summed E-state index contributed by atoms with van der Waals surface area (Å²) in [6.45, 7) is 1.78. The van der Waals surface area contributed by atoms with Crippen molar-refractivity contribution in [2.75, 3.05) is 7.05 Å². The molecule has 0 unspecified atom stereocenters. The fourth-order valence-electron chi connectivity index (χ4n) is 1.58. The van der Waals surface area contributed by atoms with Gasteiger partial charge < -0.3 is 10.4 Å². The number of carbonyl (C=O) groups is 1. The predicted octanol–water partition coefficient (Wildman–Crippen LogP) is 1.32. The molecule has 0 spiro atoms. The van der Waals surface area contributed by atoms with Crippen LogP contribution in [0.4, 0.5) is 5.69 Å². The smallest absolute Gasteiger partial charge is 0.336 e. The van der Waals surface area contributed by atoms with Crippen molar-refractivity contribution in [2.45, 2.75) is 13.5 Å². The van der Waals surface area contributed by atoms with Crippen molar-refractivity contribution < 1.29 is 14.8 Å². The molecule has 1 aromatic carbocycles. The van der Waals surface area contributed by atoms with Crippen LogP contribution in [0.25, 0.3) is 0 Å². The van der Waals surface area contributed by atoms with Crippen molar-refractivity contribution >= 4 is 11.7 Å². The lowest BCUT2D eigenvalue weighted by Gasteiger charge is -2.07. The number of nitrogens with zero attached hydrogens (tertiary/aromatic N) is 1. The Morgan fingerprint density at radius 1 is 1.56 bits per heavy atom. The SMILES string of the molecule is CNCc1ccc(C(=O)O)c(C)c1[N+](=O)[O-]. The molecular formula is C10H12N2O4. The Morgan fingerprint density at radius 3 is 2.62 bits per heavy atom. The topological polar surface area (TPSA) is 92.5 Å². The van der Waals surface area contributed by atoms with Crippen LogP contribution < -0.4 is 5.32 Å². The van der Waals surface area contributed by atoms with E-state index in [1.165, 1.54) is 19.1 Å². The summed E-state index contributed by atoms with van der Waals surface area (Å²) in [5.41, 5.74) is 0.501. The molecule has 0 heterocycles. The number of nitro benzene ring substituents is 1. The summed E-state index contributed by atoms with van der Waals surface area (Å²) in [4.78, 5) is 21.2. The highest BCUT2D eigenvalue weighted by atomic mass is 16.6. The van der Waals surface area contributed by atoms with E-state index in [4.69, 9.17) is 5.11 Å². The second-order valence-corrected chi connectivity index (χ2v) is 3.34. The first-order valence-corrected chi connectivity index (χ1v) is 4.63. The maximum absolute atomic E-state index is 10.9. The molecule has 16 heavy (non-hydrogen) atoms. The second kappa shape index (κ2) is 4.71. The van der Waals surface area contributed by atoms with Gasteiger partial charge in [0.05, 0.1) is 10.5 Å². The standard InChI is InChI=1S/C10H12N2O4/c1-6-8(10(13)14)4-3-7(5-11-2)9(6)12(15)16/h3-4,11H,5H2,1-2H3,(H,13,14). The van der Waals surface area contributed by atoms with Gasteiger partial charge in [-0.25, -0.2) is 4.79 Å². The fourth-order valence-corrected chi connectivity index (χ4v) is 1.58. The average Bonchev–Trinajstić information content (AvgIpc) is 2.17. The van der Waals surface area contributed by atoms with Gasteiger partial charge in [0.15, 0.2) is 0 Å². The van der Waals surface area contributed by atoms with Crippen LogP contribution in [-0.2, 0) is 6.54 Å². The Hall–Kier alpha value is -1.95. The predicted molar refractivity (Wildman–Crippen MR) is 57.6 cm³/mol. The highest BCUT2D eigenvalue weighted by Crippen LogP contribution is 2.26. The Morgan fingerprint density at radius 2 is 2.19 bits per heavy atom. The molecule has 0 bridgehead atoms. The summed E-state index contributed by atoms with van der Waals surface area (Å²) in [7, 11) is 1.67. The zero-order valence-corrected chi connectivity index (χ0v) is 8.98. The second-order valence-electron chi connectivity index (χ2n) is 3.34. The zero-order chi connectivity index (χ0) is 12.3. The minimum absolute atomic E-state index is 0.0356. The lowest BCUT2D eigenvalue weighted by molar-refractivity contribution is -0.386. The summed E-state index contributed by atoms with van der Waals surface area (Å²) < 4.78 is 0. The Labute approximate surface area is 92.0 Å². The van der Waals surface area contributed by atoms with E-state index in [2.05, 4.69) is 5.32 Å². The van der Waals surface area contributed by atoms with Gasteiger partial charge in [-0.2, -0.15) is 0 Å². The summed E-state index contributed by atoms with van der Waals surface area (Å²) in [5, 5.41) is 22.5. The van der Waals surface area contributed by atoms with Crippen molar-refractivity contribution in [3.8, 4) is 0 Å². The number of hydrogen-bond donors (Lipinski definition) is 2. The van der Waals surface area contributed by atoms with Crippen LogP contribution in [0.2, 0.25) is 0 Å². The van der Waals surface area contributed by atoms with Gasteiger partial charge in [0.25, 0.3) is 5.69 Å². The van der Waals surface area contributed by atoms with Gasteiger partial charge >= 0.3 is 5.97 Å². The van der Waals surface area contributed by atoms with Crippen molar-refractivity contribution in [2.24, 2.45) is 0 Å². The molecule has 0 aliphatic heterocycles. The maximum Gasteiger partial charge on any atom is 0.336 e. The molecule has 0 atom stereocenters. The minimum Gasteiger partial charge on any atom is -0.478 e. The normalized spacial score (nSPS) is 10.1. The van der Waals surface area contributed by atoms with Gasteiger partial charge in [0, 0.05) is 17.7 Å². The Balaban J connectivity index is 3.41. The van der Waals surface area contributed by atoms with E-state index in [0.717, 1.165) is 0 Å². The molecule has 86 valence electrons. The summed E-state index contributed by atoms with van der Waals surface area (Å²) in [6, 6.07) is 2.85. The average molecular weight is 224 g/mol. The van der Waals surface area contributed by atoms with Crippen molar-refractivity contribution in [3.05, 3.63) is 38.9 Å². The number of hydrogen-bond acceptors (Lipinski definition) is 4. The van der Waals surface area contributed by atoms with Crippen LogP contribution in [0.15, 0.2) is 12.1 Å². The molecule has 6 nitrogen and oxygen atoms in total. The maximum atomic E-state index is 10.9. The summed E-state index contributed by atoms with van der Waals surface area (Å²) in [6.07, 6.45) is 0. The van der Waals surface area contributed by atoms with Crippen LogP contribution in [0.3, 0.4) is 0 Å². The number of carboxylic acid groups (broad SMARTS) is 1. The largest absolute Gasteiger partial charge is 0.478 e. The van der Waals surface area contributed by atoms with E-state index in [1.807, 2.05) is 0 Å². The monoisotopic (exact) mass is 224 g/mol. The molecule has 2 N–H and O–H groups in total. The molecule has 0 saturated carbocycles. The molecule has 1 aromatic rings. The summed E-state index contributed by atoms with van der Waals surface area (Å²) >= 11 is 0. The number of carboxylic acids is 1. The third kappa shape index (κ3) is 2.17. The van der Waals surface area contributed by atoms with Gasteiger partial charge in [-0.05, 0) is 26.1 Å². The summed E-state index contributed by atoms with van der Waals surface area (Å²) in [5.74, 6) is -1.16.